The van der Waals surface area contributed by atoms with Gasteiger partial charge in [-0.25, -0.2) is 0 Å². The summed E-state index contributed by atoms with van der Waals surface area (Å²) in [6.07, 6.45) is 0.801. The van der Waals surface area contributed by atoms with Crippen LogP contribution in [0.2, 0.25) is 0 Å². The number of nitriles is 1. The number of nitrogens with zero attached hydrogens (tertiary/aromatic N) is 3. The lowest BCUT2D eigenvalue weighted by atomic mass is 9.94. The Kier molecular flexibility index (Phi) is 3.67. The molecule has 0 aromatic heterocycles. The summed E-state index contributed by atoms with van der Waals surface area (Å²) in [4.78, 5) is 12.7. The van der Waals surface area contributed by atoms with Crippen LogP contribution in [0.3, 0.4) is 0 Å². The maximum atomic E-state index is 11.2. The number of benzene rings is 1. The predicted octanol–water partition coefficient (Wildman–Crippen LogP) is 1.64. The SMILES string of the molecule is CC1CN(c2cccc(C#N)c2[N+](=O)[O-])CCC1N. The summed E-state index contributed by atoms with van der Waals surface area (Å²) in [7, 11) is 0. The standard InChI is InChI=1S/C13H16N4O2/c1-9-8-16(6-5-11(9)15)12-4-2-3-10(7-14)13(12)17(18)19/h2-4,9,11H,5-6,8,15H2,1H3. The summed E-state index contributed by atoms with van der Waals surface area (Å²) < 4.78 is 0. The third-order valence-electron chi connectivity index (χ3n) is 3.63. The number of hydrogen-bond donors (Lipinski definition) is 1. The third-order valence-corrected chi connectivity index (χ3v) is 3.63. The van der Waals surface area contributed by atoms with Gasteiger partial charge in [-0.3, -0.25) is 10.1 Å². The minimum atomic E-state index is -0.479. The molecule has 0 amide bonds. The van der Waals surface area contributed by atoms with Crippen LogP contribution in [-0.4, -0.2) is 24.1 Å². The van der Waals surface area contributed by atoms with Gasteiger partial charge in [0.1, 0.15) is 17.3 Å². The van der Waals surface area contributed by atoms with Crippen molar-refractivity contribution in [1.29, 1.82) is 5.26 Å². The van der Waals surface area contributed by atoms with Gasteiger partial charge in [0.15, 0.2) is 0 Å². The topological polar surface area (TPSA) is 96.2 Å². The fraction of sp³-hybridized carbons (Fsp3) is 0.462. The van der Waals surface area contributed by atoms with E-state index >= 15 is 0 Å². The number of nitrogens with two attached hydrogens (primary N) is 1. The largest absolute Gasteiger partial charge is 0.366 e. The number of nitro benzene ring substituents is 1. The van der Waals surface area contributed by atoms with E-state index in [9.17, 15) is 10.1 Å². The van der Waals surface area contributed by atoms with Crippen molar-refractivity contribution in [3.05, 3.63) is 33.9 Å². The van der Waals surface area contributed by atoms with Crippen LogP contribution in [-0.2, 0) is 0 Å². The molecule has 2 rings (SSSR count). The Morgan fingerprint density at radius 2 is 2.32 bits per heavy atom. The molecule has 0 spiro atoms. The highest BCUT2D eigenvalue weighted by molar-refractivity contribution is 5.70. The molecular formula is C13H16N4O2. The lowest BCUT2D eigenvalue weighted by Gasteiger charge is -2.36. The molecule has 1 fully saturated rings. The molecule has 1 aromatic rings. The van der Waals surface area contributed by atoms with Gasteiger partial charge in [0.2, 0.25) is 0 Å². The van der Waals surface area contributed by atoms with Gasteiger partial charge >= 0.3 is 5.69 Å². The van der Waals surface area contributed by atoms with Crippen molar-refractivity contribution in [2.24, 2.45) is 11.7 Å². The molecule has 0 radical (unpaired) electrons. The van der Waals surface area contributed by atoms with Crippen molar-refractivity contribution in [3.8, 4) is 6.07 Å². The highest BCUT2D eigenvalue weighted by atomic mass is 16.6. The average molecular weight is 260 g/mol. The van der Waals surface area contributed by atoms with Crippen molar-refractivity contribution in [2.45, 2.75) is 19.4 Å². The van der Waals surface area contributed by atoms with E-state index in [0.717, 1.165) is 6.42 Å². The molecule has 19 heavy (non-hydrogen) atoms. The van der Waals surface area contributed by atoms with Crippen molar-refractivity contribution in [2.75, 3.05) is 18.0 Å². The van der Waals surface area contributed by atoms with Crippen molar-refractivity contribution in [1.82, 2.24) is 0 Å². The van der Waals surface area contributed by atoms with Crippen LogP contribution in [0.4, 0.5) is 11.4 Å². The van der Waals surface area contributed by atoms with Crippen LogP contribution in [0, 0.1) is 27.4 Å². The molecule has 2 N–H and O–H groups in total. The Bertz CT molecular complexity index is 538. The van der Waals surface area contributed by atoms with Gasteiger partial charge in [0.25, 0.3) is 0 Å². The highest BCUT2D eigenvalue weighted by Crippen LogP contribution is 2.33. The number of piperidine rings is 1. The minimum Gasteiger partial charge on any atom is -0.366 e. The molecule has 2 atom stereocenters. The Hall–Kier alpha value is -2.13. The second-order valence-corrected chi connectivity index (χ2v) is 4.92. The molecule has 1 heterocycles. The third kappa shape index (κ3) is 2.51. The summed E-state index contributed by atoms with van der Waals surface area (Å²) in [5.74, 6) is 0.277. The van der Waals surface area contributed by atoms with E-state index in [1.807, 2.05) is 17.9 Å². The molecule has 100 valence electrons. The Morgan fingerprint density at radius 3 is 2.89 bits per heavy atom. The van der Waals surface area contributed by atoms with Crippen LogP contribution in [0.25, 0.3) is 0 Å². The Labute approximate surface area is 111 Å². The maximum Gasteiger partial charge on any atom is 0.310 e. The van der Waals surface area contributed by atoms with E-state index in [0.29, 0.717) is 18.8 Å². The van der Waals surface area contributed by atoms with E-state index in [1.165, 1.54) is 6.07 Å². The summed E-state index contributed by atoms with van der Waals surface area (Å²) in [5.41, 5.74) is 6.47. The lowest BCUT2D eigenvalue weighted by Crippen LogP contribution is -2.46. The minimum absolute atomic E-state index is 0.102. The molecule has 6 nitrogen and oxygen atoms in total. The lowest BCUT2D eigenvalue weighted by molar-refractivity contribution is -0.384. The molecule has 1 saturated heterocycles. The van der Waals surface area contributed by atoms with Gasteiger partial charge in [-0.05, 0) is 24.5 Å². The van der Waals surface area contributed by atoms with Gasteiger partial charge in [-0.2, -0.15) is 5.26 Å². The molecule has 6 heteroatoms. The smallest absolute Gasteiger partial charge is 0.310 e. The molecule has 0 bridgehead atoms. The zero-order valence-corrected chi connectivity index (χ0v) is 10.7. The van der Waals surface area contributed by atoms with Crippen LogP contribution in [0.15, 0.2) is 18.2 Å². The number of hydrogen-bond acceptors (Lipinski definition) is 5. The number of rotatable bonds is 2. The molecule has 1 aliphatic heterocycles. The Balaban J connectivity index is 2.40. The molecule has 2 unspecified atom stereocenters. The summed E-state index contributed by atoms with van der Waals surface area (Å²) >= 11 is 0. The molecule has 0 saturated carbocycles. The predicted molar refractivity (Wildman–Crippen MR) is 71.8 cm³/mol. The van der Waals surface area contributed by atoms with E-state index in [-0.39, 0.29) is 23.2 Å². The van der Waals surface area contributed by atoms with E-state index < -0.39 is 4.92 Å². The van der Waals surface area contributed by atoms with E-state index in [1.54, 1.807) is 12.1 Å². The van der Waals surface area contributed by atoms with Gasteiger partial charge in [-0.1, -0.05) is 13.0 Å². The maximum absolute atomic E-state index is 11.2. The first-order valence-corrected chi connectivity index (χ1v) is 6.22. The average Bonchev–Trinajstić information content (AvgIpc) is 2.40. The monoisotopic (exact) mass is 260 g/mol. The fourth-order valence-corrected chi connectivity index (χ4v) is 2.45. The highest BCUT2D eigenvalue weighted by Gasteiger charge is 2.29. The Morgan fingerprint density at radius 1 is 1.58 bits per heavy atom. The molecule has 1 aromatic carbocycles. The second-order valence-electron chi connectivity index (χ2n) is 4.92. The van der Waals surface area contributed by atoms with Gasteiger partial charge in [-0.15, -0.1) is 0 Å². The fourth-order valence-electron chi connectivity index (χ4n) is 2.45. The zero-order valence-electron chi connectivity index (χ0n) is 10.7. The zero-order chi connectivity index (χ0) is 14.0. The van der Waals surface area contributed by atoms with Crippen molar-refractivity contribution in [3.63, 3.8) is 0 Å². The van der Waals surface area contributed by atoms with Gasteiger partial charge in [0.05, 0.1) is 4.92 Å². The first-order chi connectivity index (χ1) is 9.04. The number of para-hydroxylation sites is 1. The summed E-state index contributed by atoms with van der Waals surface area (Å²) in [5, 5.41) is 20.2. The summed E-state index contributed by atoms with van der Waals surface area (Å²) in [6.45, 7) is 3.40. The molecular weight excluding hydrogens is 244 g/mol. The number of nitro groups is 1. The van der Waals surface area contributed by atoms with E-state index in [2.05, 4.69) is 0 Å². The first-order valence-electron chi connectivity index (χ1n) is 6.22. The number of anilines is 1. The quantitative estimate of drug-likeness (QED) is 0.644. The normalized spacial score (nSPS) is 22.9. The van der Waals surface area contributed by atoms with Crippen molar-refractivity contribution >= 4 is 11.4 Å². The second kappa shape index (κ2) is 5.24. The van der Waals surface area contributed by atoms with Gasteiger partial charge < -0.3 is 10.6 Å². The van der Waals surface area contributed by atoms with Crippen LogP contribution in [0.1, 0.15) is 18.9 Å². The van der Waals surface area contributed by atoms with Crippen molar-refractivity contribution < 1.29 is 4.92 Å². The van der Waals surface area contributed by atoms with Crippen LogP contribution in [0.5, 0.6) is 0 Å². The van der Waals surface area contributed by atoms with Crippen LogP contribution < -0.4 is 10.6 Å². The van der Waals surface area contributed by atoms with Gasteiger partial charge in [0, 0.05) is 19.1 Å². The van der Waals surface area contributed by atoms with Crippen LogP contribution >= 0.6 is 0 Å². The van der Waals surface area contributed by atoms with E-state index in [4.69, 9.17) is 11.0 Å². The molecule has 1 aliphatic rings. The molecule has 0 aliphatic carbocycles. The first kappa shape index (κ1) is 13.3. The summed E-state index contributed by atoms with van der Waals surface area (Å²) in [6, 6.07) is 6.87.